The summed E-state index contributed by atoms with van der Waals surface area (Å²) in [6.45, 7) is 19.7. The standard InChI is InChI=1S/C51H83N7O11S/c1-14-41-51(10,64)44(60)33(6)57(12)26-29(2)24-49(8,63)46(31(4)42(32(5)47(62)68-41)40-25-50(9,65-13)45(61)34(7)67-40)69-48-43(59)39(23-30(3)66-48)56(11)21-20-37-27-58(54-52-37)22-19-35-15-17-36(18-16-35)38-28-70-55-53-38/h15-18,27-34,39-46,48,59-61,63-64H,14,19-26H2,1-13H3/t29-,30-,31+,32-,33-,34+,39+,40-,41-,42?,43-,44-,45+,46-,48+,49-,50-,51-/m1/s1. The molecule has 0 spiro atoms. The lowest BCUT2D eigenvalue weighted by Crippen LogP contribution is -2.62. The van der Waals surface area contributed by atoms with Gasteiger partial charge in [-0.25, -0.2) is 0 Å². The molecule has 1 aromatic carbocycles. The fourth-order valence-electron chi connectivity index (χ4n) is 11.6. The number of methoxy groups -OCH3 is 1. The molecule has 5 N–H and O–H groups in total. The van der Waals surface area contributed by atoms with Crippen molar-refractivity contribution in [2.24, 2.45) is 23.7 Å². The number of carbonyl (C=O) groups excluding carboxylic acids is 1. The van der Waals surface area contributed by atoms with Crippen LogP contribution in [-0.4, -0.2) is 184 Å². The Labute approximate surface area is 419 Å². The largest absolute Gasteiger partial charge is 0.459 e. The second kappa shape index (κ2) is 23.4. The summed E-state index contributed by atoms with van der Waals surface area (Å²) in [4.78, 5) is 18.6. The molecule has 3 saturated heterocycles. The van der Waals surface area contributed by atoms with Gasteiger partial charge in [0, 0.05) is 74.7 Å². The lowest BCUT2D eigenvalue weighted by Gasteiger charge is -2.51. The van der Waals surface area contributed by atoms with Crippen molar-refractivity contribution < 1.29 is 54.0 Å². The van der Waals surface area contributed by atoms with Gasteiger partial charge in [0.15, 0.2) is 6.29 Å². The van der Waals surface area contributed by atoms with E-state index in [4.69, 9.17) is 23.7 Å². The fraction of sp³-hybridized carbons (Fsp3) is 0.784. The number of benzene rings is 1. The SMILES string of the molecule is CC[C@H]1OC(=O)[C@H](C)C([C@H]2C[C@@](C)(OC)[C@@H](O)[C@H](C)O2)[C@H](C)[C@@H](O[C@@H]2O[C@H](C)C[C@H](N(C)CCc3cn(CCc4ccc(-c5csnn5)cc4)nn3)[C@H]2O)[C@](C)(O)C[C@@H](C)CN(C)[C@H](C)[C@@H](O)[C@]1(C)O. The van der Waals surface area contributed by atoms with Gasteiger partial charge < -0.3 is 59.0 Å². The number of likely N-dealkylation sites (N-methyl/N-ethyl adjacent to an activating group) is 2. The summed E-state index contributed by atoms with van der Waals surface area (Å²) >= 11 is 1.33. The zero-order valence-electron chi connectivity index (χ0n) is 43.7. The highest BCUT2D eigenvalue weighted by Crippen LogP contribution is 2.45. The third kappa shape index (κ3) is 12.8. The molecule has 0 saturated carbocycles. The highest BCUT2D eigenvalue weighted by Gasteiger charge is 2.55. The molecule has 0 radical (unpaired) electrons. The summed E-state index contributed by atoms with van der Waals surface area (Å²) in [7, 11) is 5.36. The van der Waals surface area contributed by atoms with E-state index in [1.54, 1.807) is 27.7 Å². The molecule has 394 valence electrons. The highest BCUT2D eigenvalue weighted by atomic mass is 32.1. The molecule has 70 heavy (non-hydrogen) atoms. The van der Waals surface area contributed by atoms with Crippen LogP contribution in [0.4, 0.5) is 0 Å². The van der Waals surface area contributed by atoms with Gasteiger partial charge in [-0.3, -0.25) is 9.48 Å². The molecule has 0 bridgehead atoms. The highest BCUT2D eigenvalue weighted by molar-refractivity contribution is 7.03. The van der Waals surface area contributed by atoms with E-state index in [-0.39, 0.29) is 37.3 Å². The number of hydrogen-bond acceptors (Lipinski definition) is 18. The van der Waals surface area contributed by atoms with Crippen molar-refractivity contribution in [3.8, 4) is 11.3 Å². The number of aryl methyl sites for hydroxylation is 2. The van der Waals surface area contributed by atoms with Crippen molar-refractivity contribution in [2.45, 2.75) is 198 Å². The average molecular weight is 1000 g/mol. The van der Waals surface area contributed by atoms with Gasteiger partial charge >= 0.3 is 5.97 Å². The third-order valence-electron chi connectivity index (χ3n) is 16.0. The molecule has 3 fully saturated rings. The molecule has 1 unspecified atom stereocenters. The number of esters is 1. The summed E-state index contributed by atoms with van der Waals surface area (Å²) in [6, 6.07) is 7.36. The van der Waals surface area contributed by atoms with Crippen LogP contribution in [0.3, 0.4) is 0 Å². The van der Waals surface area contributed by atoms with Crippen LogP contribution in [0.5, 0.6) is 0 Å². The lowest BCUT2D eigenvalue weighted by molar-refractivity contribution is -0.302. The molecule has 3 aromatic rings. The first kappa shape index (κ1) is 56.2. The predicted octanol–water partition coefficient (Wildman–Crippen LogP) is 4.14. The van der Waals surface area contributed by atoms with Crippen LogP contribution in [0.1, 0.15) is 106 Å². The Morgan fingerprint density at radius 2 is 1.66 bits per heavy atom. The normalized spacial score (nSPS) is 39.9. The molecular formula is C51H83N7O11S. The van der Waals surface area contributed by atoms with Crippen molar-refractivity contribution in [1.29, 1.82) is 0 Å². The van der Waals surface area contributed by atoms with Gasteiger partial charge in [-0.2, -0.15) is 0 Å². The van der Waals surface area contributed by atoms with Gasteiger partial charge in [0.25, 0.3) is 0 Å². The molecule has 5 heterocycles. The minimum absolute atomic E-state index is 0.164. The van der Waals surface area contributed by atoms with E-state index in [0.29, 0.717) is 32.5 Å². The van der Waals surface area contributed by atoms with Crippen LogP contribution in [0, 0.1) is 23.7 Å². The number of rotatable bonds is 13. The van der Waals surface area contributed by atoms with Gasteiger partial charge in [-0.05, 0) is 110 Å². The molecule has 19 heteroatoms. The number of ether oxygens (including phenoxy) is 5. The number of aliphatic hydroxyl groups excluding tert-OH is 3. The number of carbonyl (C=O) groups is 1. The van der Waals surface area contributed by atoms with Crippen LogP contribution in [0.15, 0.2) is 35.8 Å². The Morgan fingerprint density at radius 1 is 0.957 bits per heavy atom. The Balaban J connectivity index is 1.24. The summed E-state index contributed by atoms with van der Waals surface area (Å²) in [6.07, 6.45) is -3.88. The Bertz CT molecular complexity index is 2100. The zero-order valence-corrected chi connectivity index (χ0v) is 44.5. The Hall–Kier alpha value is -3.05. The maximum Gasteiger partial charge on any atom is 0.309 e. The van der Waals surface area contributed by atoms with E-state index in [1.807, 2.05) is 69.9 Å². The molecule has 6 rings (SSSR count). The molecule has 18 nitrogen and oxygen atoms in total. The zero-order chi connectivity index (χ0) is 51.5. The summed E-state index contributed by atoms with van der Waals surface area (Å²) in [5.41, 5.74) is -0.539. The Morgan fingerprint density at radius 3 is 2.30 bits per heavy atom. The van der Waals surface area contributed by atoms with Crippen molar-refractivity contribution in [1.82, 2.24) is 34.4 Å². The van der Waals surface area contributed by atoms with Crippen molar-refractivity contribution >= 4 is 17.5 Å². The van der Waals surface area contributed by atoms with Gasteiger partial charge in [0.2, 0.25) is 0 Å². The summed E-state index contributed by atoms with van der Waals surface area (Å²) in [5.74, 6) is -3.09. The number of aliphatic hydroxyl groups is 5. The van der Waals surface area contributed by atoms with E-state index in [1.165, 1.54) is 31.1 Å². The smallest absolute Gasteiger partial charge is 0.309 e. The van der Waals surface area contributed by atoms with Gasteiger partial charge in [0.1, 0.15) is 35.7 Å². The molecule has 0 amide bonds. The average Bonchev–Trinajstić information content (AvgIpc) is 4.03. The van der Waals surface area contributed by atoms with Crippen LogP contribution in [0.25, 0.3) is 11.3 Å². The van der Waals surface area contributed by atoms with Crippen LogP contribution in [-0.2, 0) is 47.9 Å². The number of cyclic esters (lactones) is 1. The minimum Gasteiger partial charge on any atom is -0.459 e. The molecule has 3 aliphatic heterocycles. The van der Waals surface area contributed by atoms with Crippen molar-refractivity contribution in [2.75, 3.05) is 34.3 Å². The van der Waals surface area contributed by atoms with E-state index in [2.05, 4.69) is 49.1 Å². The molecular weight excluding hydrogens is 919 g/mol. The number of hydrogen-bond donors (Lipinski definition) is 5. The van der Waals surface area contributed by atoms with Gasteiger partial charge in [-0.1, -0.05) is 61.7 Å². The van der Waals surface area contributed by atoms with Gasteiger partial charge in [0.05, 0.1) is 47.2 Å². The first-order valence-electron chi connectivity index (χ1n) is 25.3. The first-order valence-corrected chi connectivity index (χ1v) is 26.1. The summed E-state index contributed by atoms with van der Waals surface area (Å²) in [5, 5.41) is 75.0. The number of aromatic nitrogens is 5. The van der Waals surface area contributed by atoms with Gasteiger partial charge in [-0.15, -0.1) is 10.2 Å². The Kier molecular flexibility index (Phi) is 18.8. The molecule has 0 aliphatic carbocycles. The van der Waals surface area contributed by atoms with Crippen molar-refractivity contribution in [3.63, 3.8) is 0 Å². The molecule has 2 aromatic heterocycles. The molecule has 18 atom stereocenters. The first-order chi connectivity index (χ1) is 32.9. The third-order valence-corrected chi connectivity index (χ3v) is 16.5. The van der Waals surface area contributed by atoms with Crippen molar-refractivity contribution in [3.05, 3.63) is 47.1 Å². The lowest BCUT2D eigenvalue weighted by atomic mass is 9.68. The second-order valence-corrected chi connectivity index (χ2v) is 22.3. The van der Waals surface area contributed by atoms with E-state index >= 15 is 0 Å². The quantitative estimate of drug-likeness (QED) is 0.152. The van der Waals surface area contributed by atoms with Crippen LogP contribution < -0.4 is 0 Å². The summed E-state index contributed by atoms with van der Waals surface area (Å²) < 4.78 is 38.0. The monoisotopic (exact) mass is 1000 g/mol. The number of nitrogens with zero attached hydrogens (tertiary/aromatic N) is 7. The minimum atomic E-state index is -1.81. The maximum atomic E-state index is 14.6. The maximum absolute atomic E-state index is 14.6. The van der Waals surface area contributed by atoms with Crippen LogP contribution >= 0.6 is 11.5 Å². The topological polar surface area (TPSA) is 227 Å². The second-order valence-electron chi connectivity index (χ2n) is 21.7. The van der Waals surface area contributed by atoms with E-state index < -0.39 is 95.6 Å². The predicted molar refractivity (Wildman–Crippen MR) is 265 cm³/mol. The molecule has 3 aliphatic rings. The van der Waals surface area contributed by atoms with E-state index in [9.17, 15) is 30.3 Å². The van der Waals surface area contributed by atoms with E-state index in [0.717, 1.165) is 23.4 Å². The fourth-order valence-corrected chi connectivity index (χ4v) is 12.1. The van der Waals surface area contributed by atoms with Crippen LogP contribution in [0.2, 0.25) is 0 Å².